The molecule has 1 unspecified atom stereocenters. The van der Waals surface area contributed by atoms with E-state index in [-0.39, 0.29) is 6.17 Å². The number of methoxy groups -OCH3 is 1. The van der Waals surface area contributed by atoms with E-state index < -0.39 is 0 Å². The Balaban J connectivity index is 2.25. The zero-order chi connectivity index (χ0) is 11.5. The van der Waals surface area contributed by atoms with Crippen molar-refractivity contribution in [2.75, 3.05) is 18.6 Å². The van der Waals surface area contributed by atoms with E-state index in [1.54, 1.807) is 13.3 Å². The molecule has 0 amide bonds. The van der Waals surface area contributed by atoms with Gasteiger partial charge >= 0.3 is 0 Å². The first-order valence-electron chi connectivity index (χ1n) is 5.44. The van der Waals surface area contributed by atoms with Crippen molar-refractivity contribution in [1.82, 2.24) is 4.98 Å². The number of pyridine rings is 1. The Hall–Kier alpha value is -1.00. The van der Waals surface area contributed by atoms with Gasteiger partial charge in [-0.3, -0.25) is 0 Å². The molecule has 0 aromatic carbocycles. The van der Waals surface area contributed by atoms with Gasteiger partial charge in [0.2, 0.25) is 0 Å². The van der Waals surface area contributed by atoms with Gasteiger partial charge in [-0.2, -0.15) is 0 Å². The Labute approximate surface area is 100 Å². The number of aromatic nitrogens is 1. The van der Waals surface area contributed by atoms with Crippen LogP contribution in [0.25, 0.3) is 0 Å². The van der Waals surface area contributed by atoms with E-state index in [9.17, 15) is 0 Å². The summed E-state index contributed by atoms with van der Waals surface area (Å²) in [5, 5.41) is 0.386. The highest BCUT2D eigenvalue weighted by atomic mass is 35.5. The largest absolute Gasteiger partial charge is 0.493 e. The first kappa shape index (κ1) is 11.5. The van der Waals surface area contributed by atoms with Crippen molar-refractivity contribution in [3.63, 3.8) is 0 Å². The van der Waals surface area contributed by atoms with Crippen molar-refractivity contribution in [3.8, 4) is 5.75 Å². The van der Waals surface area contributed by atoms with Crippen LogP contribution in [0, 0.1) is 0 Å². The molecule has 0 radical (unpaired) electrons. The summed E-state index contributed by atoms with van der Waals surface area (Å²) in [4.78, 5) is 6.25. The lowest BCUT2D eigenvalue weighted by molar-refractivity contribution is 0.412. The van der Waals surface area contributed by atoms with Crippen molar-refractivity contribution in [2.24, 2.45) is 5.73 Å². The number of hydrogen-bond donors (Lipinski definition) is 1. The fourth-order valence-electron chi connectivity index (χ4n) is 2.00. The van der Waals surface area contributed by atoms with Crippen molar-refractivity contribution in [3.05, 3.63) is 17.4 Å². The molecule has 1 aliphatic heterocycles. The number of nitrogens with zero attached hydrogens (tertiary/aromatic N) is 2. The fraction of sp³-hybridized carbons (Fsp3) is 0.545. The topological polar surface area (TPSA) is 51.4 Å². The maximum atomic E-state index is 6.06. The third-order valence-electron chi connectivity index (χ3n) is 2.89. The molecule has 1 atom stereocenters. The fourth-order valence-corrected chi connectivity index (χ4v) is 2.18. The minimum absolute atomic E-state index is 0.0708. The zero-order valence-corrected chi connectivity index (χ0v) is 10.1. The maximum absolute atomic E-state index is 6.06. The van der Waals surface area contributed by atoms with Crippen LogP contribution in [-0.4, -0.2) is 24.8 Å². The second-order valence-electron chi connectivity index (χ2n) is 3.94. The van der Waals surface area contributed by atoms with Crippen LogP contribution in [0.3, 0.4) is 0 Å². The van der Waals surface area contributed by atoms with Crippen LogP contribution in [-0.2, 0) is 0 Å². The second-order valence-corrected chi connectivity index (χ2v) is 4.30. The van der Waals surface area contributed by atoms with Crippen LogP contribution >= 0.6 is 11.6 Å². The Morgan fingerprint density at radius 2 is 2.38 bits per heavy atom. The Morgan fingerprint density at radius 1 is 1.56 bits per heavy atom. The number of halogens is 1. The van der Waals surface area contributed by atoms with Gasteiger partial charge in [0, 0.05) is 12.6 Å². The first-order chi connectivity index (χ1) is 7.72. The van der Waals surface area contributed by atoms with E-state index in [0.29, 0.717) is 10.9 Å². The normalized spacial score (nSPS) is 20.9. The molecule has 1 fully saturated rings. The molecular formula is C11H16ClN3O. The minimum Gasteiger partial charge on any atom is -0.493 e. The van der Waals surface area contributed by atoms with Gasteiger partial charge in [0.05, 0.1) is 25.2 Å². The van der Waals surface area contributed by atoms with Gasteiger partial charge in [0.1, 0.15) is 0 Å². The van der Waals surface area contributed by atoms with Gasteiger partial charge < -0.3 is 15.4 Å². The second kappa shape index (κ2) is 4.89. The standard InChI is InChI=1S/C11H16ClN3O/c1-16-9-6-8(7-14-11(9)12)15-5-3-2-4-10(15)13/h6-7,10H,2-5,13H2,1H3. The quantitative estimate of drug-likeness (QED) is 0.805. The van der Waals surface area contributed by atoms with Crippen LogP contribution in [0.2, 0.25) is 5.15 Å². The number of anilines is 1. The van der Waals surface area contributed by atoms with E-state index in [2.05, 4.69) is 9.88 Å². The summed E-state index contributed by atoms with van der Waals surface area (Å²) in [7, 11) is 1.59. The number of rotatable bonds is 2. The molecule has 0 bridgehead atoms. The Bertz CT molecular complexity index is 372. The summed E-state index contributed by atoms with van der Waals surface area (Å²) in [6.45, 7) is 0.966. The molecule has 88 valence electrons. The average Bonchev–Trinajstić information content (AvgIpc) is 2.31. The smallest absolute Gasteiger partial charge is 0.171 e. The summed E-state index contributed by atoms with van der Waals surface area (Å²) >= 11 is 5.89. The van der Waals surface area contributed by atoms with Crippen LogP contribution in [0.1, 0.15) is 19.3 Å². The maximum Gasteiger partial charge on any atom is 0.171 e. The summed E-state index contributed by atoms with van der Waals surface area (Å²) in [5.74, 6) is 0.594. The molecule has 2 N–H and O–H groups in total. The number of piperidine rings is 1. The van der Waals surface area contributed by atoms with Gasteiger partial charge in [0.15, 0.2) is 10.9 Å². The summed E-state index contributed by atoms with van der Waals surface area (Å²) in [5.41, 5.74) is 7.04. The molecule has 1 aromatic rings. The van der Waals surface area contributed by atoms with Crippen LogP contribution < -0.4 is 15.4 Å². The van der Waals surface area contributed by atoms with Gasteiger partial charge in [-0.05, 0) is 19.3 Å². The van der Waals surface area contributed by atoms with Crippen molar-refractivity contribution in [2.45, 2.75) is 25.4 Å². The van der Waals surface area contributed by atoms with Gasteiger partial charge in [-0.15, -0.1) is 0 Å². The molecule has 5 heteroatoms. The zero-order valence-electron chi connectivity index (χ0n) is 9.32. The van der Waals surface area contributed by atoms with E-state index in [0.717, 1.165) is 18.7 Å². The summed E-state index contributed by atoms with van der Waals surface area (Å²) < 4.78 is 5.15. The number of hydrogen-bond acceptors (Lipinski definition) is 4. The number of nitrogens with two attached hydrogens (primary N) is 1. The average molecular weight is 242 g/mol. The Kier molecular flexibility index (Phi) is 3.51. The highest BCUT2D eigenvalue weighted by Crippen LogP contribution is 2.29. The minimum atomic E-state index is 0.0708. The lowest BCUT2D eigenvalue weighted by Crippen LogP contribution is -2.45. The van der Waals surface area contributed by atoms with E-state index >= 15 is 0 Å². The highest BCUT2D eigenvalue weighted by molar-refractivity contribution is 6.30. The van der Waals surface area contributed by atoms with Gasteiger partial charge in [-0.25, -0.2) is 4.98 Å². The molecule has 1 aliphatic rings. The highest BCUT2D eigenvalue weighted by Gasteiger charge is 2.20. The predicted molar refractivity (Wildman–Crippen MR) is 65.0 cm³/mol. The molecular weight excluding hydrogens is 226 g/mol. The molecule has 0 saturated carbocycles. The summed E-state index contributed by atoms with van der Waals surface area (Å²) in [6, 6.07) is 1.89. The third-order valence-corrected chi connectivity index (χ3v) is 3.18. The van der Waals surface area contributed by atoms with Gasteiger partial charge in [-0.1, -0.05) is 11.6 Å². The van der Waals surface area contributed by atoms with E-state index in [1.807, 2.05) is 6.07 Å². The summed E-state index contributed by atoms with van der Waals surface area (Å²) in [6.07, 6.45) is 5.19. The lowest BCUT2D eigenvalue weighted by atomic mass is 10.1. The van der Waals surface area contributed by atoms with E-state index in [4.69, 9.17) is 22.1 Å². The molecule has 1 aromatic heterocycles. The predicted octanol–water partition coefficient (Wildman–Crippen LogP) is 2.02. The number of ether oxygens (including phenoxy) is 1. The van der Waals surface area contributed by atoms with Crippen LogP contribution in [0.15, 0.2) is 12.3 Å². The molecule has 16 heavy (non-hydrogen) atoms. The SMILES string of the molecule is COc1cc(N2CCCCC2N)cnc1Cl. The molecule has 0 spiro atoms. The molecule has 1 saturated heterocycles. The van der Waals surface area contributed by atoms with Crippen LogP contribution in [0.4, 0.5) is 5.69 Å². The van der Waals surface area contributed by atoms with Crippen molar-refractivity contribution in [1.29, 1.82) is 0 Å². The van der Waals surface area contributed by atoms with E-state index in [1.165, 1.54) is 12.8 Å². The molecule has 0 aliphatic carbocycles. The monoisotopic (exact) mass is 241 g/mol. The van der Waals surface area contributed by atoms with Crippen LogP contribution in [0.5, 0.6) is 5.75 Å². The third kappa shape index (κ3) is 2.23. The lowest BCUT2D eigenvalue weighted by Gasteiger charge is -2.34. The molecule has 4 nitrogen and oxygen atoms in total. The van der Waals surface area contributed by atoms with Crippen molar-refractivity contribution < 1.29 is 4.74 Å². The Morgan fingerprint density at radius 3 is 3.06 bits per heavy atom. The molecule has 2 rings (SSSR count). The first-order valence-corrected chi connectivity index (χ1v) is 5.82. The molecule has 2 heterocycles. The van der Waals surface area contributed by atoms with Gasteiger partial charge in [0.25, 0.3) is 0 Å². The van der Waals surface area contributed by atoms with Crippen molar-refractivity contribution >= 4 is 17.3 Å².